The Labute approximate surface area is 483 Å². The standard InChI is InChI=1S/C31H32O2.C17H19NO.C8H12N2.C8H12O.C8H12S/c1-21-7-13-29(19-23(21)3)32-27-15-9-25(10-16-27)31(5,6)26-11-17-28(18-12-26)33-30-14-8-22(2)24(4)20-30;1-11-5-7-15(9-13(11)3)17(19)18-16-8-6-12(2)14(4)10-16;1-5-6(2)10-8(4)7(3)9-5;2*1-5-6(2)8(4)9-7(5)3/h7-20H,1-6H3;5-10H,1-4H3,(H,18,19);1-4H3;2*1-4H3. The highest BCUT2D eigenvalue weighted by Crippen LogP contribution is 2.35. The van der Waals surface area contributed by atoms with Gasteiger partial charge in [-0.15, -0.1) is 11.3 Å². The van der Waals surface area contributed by atoms with E-state index in [2.05, 4.69) is 154 Å². The average molecular weight is 1090 g/mol. The molecule has 0 saturated heterocycles. The number of carbonyl (C=O) groups is 1. The van der Waals surface area contributed by atoms with E-state index in [1.807, 2.05) is 146 Å². The highest BCUT2D eigenvalue weighted by Gasteiger charge is 2.23. The van der Waals surface area contributed by atoms with Gasteiger partial charge in [0.2, 0.25) is 0 Å². The Hall–Kier alpha value is -7.55. The van der Waals surface area contributed by atoms with E-state index in [4.69, 9.17) is 13.9 Å². The summed E-state index contributed by atoms with van der Waals surface area (Å²) in [4.78, 5) is 23.7. The van der Waals surface area contributed by atoms with E-state index in [1.54, 1.807) is 0 Å². The molecule has 9 rings (SSSR count). The fourth-order valence-electron chi connectivity index (χ4n) is 8.43. The minimum absolute atomic E-state index is 0.0636. The minimum Gasteiger partial charge on any atom is -0.466 e. The summed E-state index contributed by atoms with van der Waals surface area (Å²) in [5.74, 6) is 5.44. The number of thiophene rings is 1. The van der Waals surface area contributed by atoms with E-state index in [1.165, 1.54) is 82.1 Å². The fraction of sp³-hybridized carbons (Fsp3) is 0.319. The molecule has 1 N–H and O–H groups in total. The van der Waals surface area contributed by atoms with E-state index in [-0.39, 0.29) is 11.3 Å². The van der Waals surface area contributed by atoms with Crippen LogP contribution in [0.3, 0.4) is 0 Å². The first-order valence-corrected chi connectivity index (χ1v) is 28.4. The van der Waals surface area contributed by atoms with Crippen LogP contribution in [0.5, 0.6) is 23.0 Å². The number of hydrogen-bond donors (Lipinski definition) is 1. The van der Waals surface area contributed by atoms with Gasteiger partial charge in [-0.1, -0.05) is 62.4 Å². The molecule has 9 aromatic rings. The van der Waals surface area contributed by atoms with Crippen LogP contribution >= 0.6 is 11.3 Å². The van der Waals surface area contributed by atoms with Gasteiger partial charge in [-0.2, -0.15) is 0 Å². The summed E-state index contributed by atoms with van der Waals surface area (Å²) in [5.41, 5.74) is 23.2. The molecule has 0 saturated carbocycles. The Kier molecular flexibility index (Phi) is 22.2. The number of aromatic nitrogens is 2. The first kappa shape index (κ1) is 63.3. The Bertz CT molecular complexity index is 3310. The van der Waals surface area contributed by atoms with Crippen molar-refractivity contribution in [2.45, 2.75) is 158 Å². The molecule has 0 aliphatic heterocycles. The second-order valence-corrected chi connectivity index (χ2v) is 23.3. The minimum atomic E-state index is -0.141. The molecule has 0 aliphatic rings. The molecule has 420 valence electrons. The van der Waals surface area contributed by atoms with E-state index in [0.29, 0.717) is 5.56 Å². The number of nitrogens with zero attached hydrogens (tertiary/aromatic N) is 2. The van der Waals surface area contributed by atoms with Crippen LogP contribution in [0.4, 0.5) is 5.69 Å². The average Bonchev–Trinajstić information content (AvgIpc) is 3.78. The van der Waals surface area contributed by atoms with Crippen molar-refractivity contribution >= 4 is 22.9 Å². The van der Waals surface area contributed by atoms with Crippen molar-refractivity contribution in [3.05, 3.63) is 249 Å². The molecule has 8 heteroatoms. The van der Waals surface area contributed by atoms with Crippen LogP contribution in [0.25, 0.3) is 0 Å². The smallest absolute Gasteiger partial charge is 0.255 e. The Morgan fingerprint density at radius 3 is 1.05 bits per heavy atom. The number of furan rings is 1. The maximum absolute atomic E-state index is 12.2. The number of carbonyl (C=O) groups excluding carboxylic acids is 1. The zero-order valence-corrected chi connectivity index (χ0v) is 52.8. The van der Waals surface area contributed by atoms with Crippen LogP contribution in [0, 0.1) is 138 Å². The van der Waals surface area contributed by atoms with E-state index >= 15 is 0 Å². The molecule has 3 heterocycles. The zero-order chi connectivity index (χ0) is 59.3. The molecule has 0 aliphatic carbocycles. The summed E-state index contributed by atoms with van der Waals surface area (Å²) < 4.78 is 17.5. The normalized spacial score (nSPS) is 10.7. The number of hydrogen-bond acceptors (Lipinski definition) is 7. The van der Waals surface area contributed by atoms with Gasteiger partial charge in [0.05, 0.1) is 22.8 Å². The maximum Gasteiger partial charge on any atom is 0.255 e. The third-order valence-corrected chi connectivity index (χ3v) is 16.9. The molecular weight excluding hydrogens is 1000 g/mol. The van der Waals surface area contributed by atoms with Gasteiger partial charge in [0.1, 0.15) is 34.5 Å². The number of anilines is 1. The second-order valence-electron chi connectivity index (χ2n) is 21.9. The lowest BCUT2D eigenvalue weighted by Gasteiger charge is -2.26. The van der Waals surface area contributed by atoms with Crippen molar-refractivity contribution in [2.75, 3.05) is 5.32 Å². The van der Waals surface area contributed by atoms with Crippen molar-refractivity contribution in [3.63, 3.8) is 0 Å². The van der Waals surface area contributed by atoms with Gasteiger partial charge < -0.3 is 19.2 Å². The monoisotopic (exact) mass is 1090 g/mol. The lowest BCUT2D eigenvalue weighted by atomic mass is 9.78. The van der Waals surface area contributed by atoms with Gasteiger partial charge in [0, 0.05) is 26.4 Å². The Morgan fingerprint density at radius 1 is 0.400 bits per heavy atom. The van der Waals surface area contributed by atoms with Crippen LogP contribution in [0.2, 0.25) is 0 Å². The number of nitrogens with one attached hydrogen (secondary N) is 1. The molecule has 3 aromatic heterocycles. The topological polar surface area (TPSA) is 86.5 Å². The largest absolute Gasteiger partial charge is 0.466 e. The lowest BCUT2D eigenvalue weighted by molar-refractivity contribution is 0.102. The number of benzene rings is 6. The summed E-state index contributed by atoms with van der Waals surface area (Å²) in [5, 5.41) is 2.93. The van der Waals surface area contributed by atoms with E-state index < -0.39 is 0 Å². The molecule has 0 bridgehead atoms. The molecule has 0 spiro atoms. The maximum atomic E-state index is 12.2. The number of aryl methyl sites for hydroxylation is 16. The van der Waals surface area contributed by atoms with Gasteiger partial charge in [0.15, 0.2) is 0 Å². The third kappa shape index (κ3) is 17.2. The van der Waals surface area contributed by atoms with Gasteiger partial charge in [-0.25, -0.2) is 0 Å². The molecule has 6 aromatic carbocycles. The SMILES string of the molecule is Cc1ccc(NC(=O)c2ccc(C)c(C)c2)cc1C.Cc1ccc(Oc2ccc(C(C)(C)c3ccc(Oc4ccc(C)c(C)c4)cc3)cc2)cc1C.Cc1nc(C)c(C)nc1C.Cc1oc(C)c(C)c1C.Cc1sc(C)c(C)c1C. The highest BCUT2D eigenvalue weighted by molar-refractivity contribution is 7.12. The third-order valence-electron chi connectivity index (χ3n) is 15.7. The van der Waals surface area contributed by atoms with Crippen LogP contribution in [0.1, 0.15) is 146 Å². The predicted molar refractivity (Wildman–Crippen MR) is 339 cm³/mol. The van der Waals surface area contributed by atoms with Crippen molar-refractivity contribution in [3.8, 4) is 23.0 Å². The Balaban J connectivity index is 0.000000209. The highest BCUT2D eigenvalue weighted by atomic mass is 32.1. The lowest BCUT2D eigenvalue weighted by Crippen LogP contribution is -2.18. The van der Waals surface area contributed by atoms with Crippen molar-refractivity contribution < 1.29 is 18.7 Å². The summed E-state index contributed by atoms with van der Waals surface area (Å²) in [6, 6.07) is 40.9. The summed E-state index contributed by atoms with van der Waals surface area (Å²) >= 11 is 1.90. The summed E-state index contributed by atoms with van der Waals surface area (Å²) in [7, 11) is 0. The van der Waals surface area contributed by atoms with Gasteiger partial charge in [0.25, 0.3) is 5.91 Å². The molecule has 0 atom stereocenters. The van der Waals surface area contributed by atoms with Crippen LogP contribution in [0.15, 0.2) is 126 Å². The van der Waals surface area contributed by atoms with Crippen LogP contribution in [-0.4, -0.2) is 15.9 Å². The van der Waals surface area contributed by atoms with Crippen molar-refractivity contribution in [1.82, 2.24) is 9.97 Å². The molecule has 0 unspecified atom stereocenters. The van der Waals surface area contributed by atoms with Crippen LogP contribution in [-0.2, 0) is 5.41 Å². The summed E-state index contributed by atoms with van der Waals surface area (Å²) in [6.45, 7) is 45.9. The van der Waals surface area contributed by atoms with Gasteiger partial charge in [-0.3, -0.25) is 14.8 Å². The van der Waals surface area contributed by atoms with Crippen molar-refractivity contribution in [1.29, 1.82) is 0 Å². The first-order chi connectivity index (χ1) is 37.5. The van der Waals surface area contributed by atoms with Crippen molar-refractivity contribution in [2.24, 2.45) is 0 Å². The predicted octanol–water partition coefficient (Wildman–Crippen LogP) is 20.2. The fourth-order valence-corrected chi connectivity index (χ4v) is 9.50. The molecule has 0 radical (unpaired) electrons. The molecule has 0 fully saturated rings. The molecule has 80 heavy (non-hydrogen) atoms. The Morgan fingerprint density at radius 2 is 0.738 bits per heavy atom. The first-order valence-electron chi connectivity index (χ1n) is 27.6. The summed E-state index contributed by atoms with van der Waals surface area (Å²) in [6.07, 6.45) is 0. The molecule has 7 nitrogen and oxygen atoms in total. The zero-order valence-electron chi connectivity index (χ0n) is 52.0. The van der Waals surface area contributed by atoms with Gasteiger partial charge >= 0.3 is 0 Å². The van der Waals surface area contributed by atoms with E-state index in [9.17, 15) is 4.79 Å². The van der Waals surface area contributed by atoms with E-state index in [0.717, 1.165) is 68.5 Å². The molecular formula is C72H87N3O4S. The number of rotatable bonds is 8. The van der Waals surface area contributed by atoms with Gasteiger partial charge in [-0.05, 0) is 289 Å². The van der Waals surface area contributed by atoms with Crippen LogP contribution < -0.4 is 14.8 Å². The molecule has 1 amide bonds. The number of ether oxygens (including phenoxy) is 2. The number of amides is 1. The quantitative estimate of drug-likeness (QED) is 0.163. The second kappa shape index (κ2) is 28.0.